The molecule has 0 aromatic carbocycles. The summed E-state index contributed by atoms with van der Waals surface area (Å²) in [4.78, 5) is 0. The van der Waals surface area contributed by atoms with E-state index in [1.807, 2.05) is 0 Å². The molecular weight excluding hydrogens is 134 g/mol. The van der Waals surface area contributed by atoms with Crippen molar-refractivity contribution in [2.45, 2.75) is 12.8 Å². The molecule has 0 spiro atoms. The lowest BCUT2D eigenvalue weighted by atomic mass is 10.0. The molecule has 2 heteroatoms. The Morgan fingerprint density at radius 1 is 1.40 bits per heavy atom. The second-order valence-corrected chi connectivity index (χ2v) is 2.18. The molecule has 0 aromatic rings. The zero-order valence-electron chi connectivity index (χ0n) is 5.53. The van der Waals surface area contributed by atoms with E-state index >= 15 is 0 Å². The van der Waals surface area contributed by atoms with Gasteiger partial charge in [0.2, 0.25) is 0 Å². The Labute approximate surface area is 58.6 Å². The largest absolute Gasteiger partial charge is 0.209 e. The fraction of sp³-hybridized carbons (Fsp3) is 0.250. The maximum atomic E-state index is 12.4. The average molecular weight is 142 g/mol. The van der Waals surface area contributed by atoms with E-state index in [4.69, 9.17) is 0 Å². The molecule has 1 aliphatic rings. The van der Waals surface area contributed by atoms with Gasteiger partial charge in [-0.05, 0) is 18.1 Å². The van der Waals surface area contributed by atoms with Crippen LogP contribution in [0.2, 0.25) is 0 Å². The van der Waals surface area contributed by atoms with Gasteiger partial charge in [0.25, 0.3) is 0 Å². The second-order valence-electron chi connectivity index (χ2n) is 2.18. The van der Waals surface area contributed by atoms with Crippen LogP contribution >= 0.6 is 0 Å². The van der Waals surface area contributed by atoms with E-state index in [-0.39, 0.29) is 6.42 Å². The maximum absolute atomic E-state index is 12.4. The Bertz CT molecular complexity index is 211. The van der Waals surface area contributed by atoms with Crippen molar-refractivity contribution in [1.82, 2.24) is 0 Å². The van der Waals surface area contributed by atoms with Crippen molar-refractivity contribution < 1.29 is 8.78 Å². The van der Waals surface area contributed by atoms with Gasteiger partial charge >= 0.3 is 0 Å². The van der Waals surface area contributed by atoms with Crippen molar-refractivity contribution >= 4 is 0 Å². The third kappa shape index (κ3) is 1.32. The Kier molecular flexibility index (Phi) is 2.00. The minimum absolute atomic E-state index is 0.170. The van der Waals surface area contributed by atoms with Crippen LogP contribution in [0, 0.1) is 0 Å². The van der Waals surface area contributed by atoms with E-state index in [0.717, 1.165) is 5.57 Å². The van der Waals surface area contributed by atoms with Crippen molar-refractivity contribution in [1.29, 1.82) is 0 Å². The summed E-state index contributed by atoms with van der Waals surface area (Å²) in [5.41, 5.74) is 0.763. The fourth-order valence-electron chi connectivity index (χ4n) is 0.848. The van der Waals surface area contributed by atoms with Gasteiger partial charge in [-0.15, -0.1) is 0 Å². The highest BCUT2D eigenvalue weighted by molar-refractivity contribution is 5.31. The van der Waals surface area contributed by atoms with E-state index in [0.29, 0.717) is 6.42 Å². The predicted octanol–water partition coefficient (Wildman–Crippen LogP) is 3.04. The highest BCUT2D eigenvalue weighted by Gasteiger charge is 2.10. The van der Waals surface area contributed by atoms with Crippen molar-refractivity contribution in [3.05, 3.63) is 36.0 Å². The highest BCUT2D eigenvalue weighted by atomic mass is 19.2. The number of halogens is 2. The monoisotopic (exact) mass is 142 g/mol. The molecule has 0 saturated carbocycles. The van der Waals surface area contributed by atoms with Gasteiger partial charge in [-0.1, -0.05) is 12.7 Å². The van der Waals surface area contributed by atoms with Crippen LogP contribution in [-0.2, 0) is 0 Å². The van der Waals surface area contributed by atoms with E-state index < -0.39 is 11.7 Å². The highest BCUT2D eigenvalue weighted by Crippen LogP contribution is 2.25. The molecule has 0 atom stereocenters. The van der Waals surface area contributed by atoms with Crippen molar-refractivity contribution in [3.8, 4) is 0 Å². The topological polar surface area (TPSA) is 0 Å². The first-order valence-corrected chi connectivity index (χ1v) is 3.11. The summed E-state index contributed by atoms with van der Waals surface area (Å²) >= 11 is 0. The van der Waals surface area contributed by atoms with Gasteiger partial charge in [0.1, 0.15) is 5.83 Å². The molecule has 0 amide bonds. The predicted molar refractivity (Wildman–Crippen MR) is 36.8 cm³/mol. The minimum Gasteiger partial charge on any atom is -0.209 e. The minimum atomic E-state index is -0.749. The van der Waals surface area contributed by atoms with Gasteiger partial charge in [0.15, 0.2) is 5.83 Å². The number of hydrogen-bond donors (Lipinski definition) is 0. The molecule has 10 heavy (non-hydrogen) atoms. The zero-order chi connectivity index (χ0) is 7.56. The van der Waals surface area contributed by atoms with Gasteiger partial charge in [0, 0.05) is 6.42 Å². The van der Waals surface area contributed by atoms with Crippen molar-refractivity contribution in [2.24, 2.45) is 0 Å². The summed E-state index contributed by atoms with van der Waals surface area (Å²) in [6.45, 7) is 3.46. The molecule has 0 bridgehead atoms. The quantitative estimate of drug-likeness (QED) is 0.527. The fourth-order valence-corrected chi connectivity index (χ4v) is 0.848. The standard InChI is InChI=1S/C8H8F2/c1-2-6-3-4-7(9)8(10)5-6/h2,5H,1,3-4H2. The first-order chi connectivity index (χ1) is 4.74. The lowest BCUT2D eigenvalue weighted by molar-refractivity contribution is 0.513. The molecule has 0 aliphatic heterocycles. The molecule has 54 valence electrons. The van der Waals surface area contributed by atoms with Gasteiger partial charge in [-0.2, -0.15) is 0 Å². The molecule has 0 nitrogen and oxygen atoms in total. The number of allylic oxidation sites excluding steroid dienone is 5. The van der Waals surface area contributed by atoms with Crippen LogP contribution in [0.3, 0.4) is 0 Å². The summed E-state index contributed by atoms with van der Waals surface area (Å²) in [6.07, 6.45) is 3.46. The normalized spacial score (nSPS) is 18.8. The van der Waals surface area contributed by atoms with Crippen LogP contribution in [0.15, 0.2) is 36.0 Å². The third-order valence-corrected chi connectivity index (χ3v) is 1.47. The van der Waals surface area contributed by atoms with Gasteiger partial charge in [0.05, 0.1) is 0 Å². The summed E-state index contributed by atoms with van der Waals surface area (Å²) in [5, 5.41) is 0. The van der Waals surface area contributed by atoms with E-state index in [9.17, 15) is 8.78 Å². The molecule has 0 aromatic heterocycles. The maximum Gasteiger partial charge on any atom is 0.154 e. The summed E-state index contributed by atoms with van der Waals surface area (Å²) in [7, 11) is 0. The smallest absolute Gasteiger partial charge is 0.154 e. The Balaban J connectivity index is 2.86. The molecule has 1 rings (SSSR count). The van der Waals surface area contributed by atoms with E-state index in [1.165, 1.54) is 6.08 Å². The molecule has 0 fully saturated rings. The van der Waals surface area contributed by atoms with Crippen LogP contribution in [0.1, 0.15) is 12.8 Å². The molecule has 0 saturated heterocycles. The van der Waals surface area contributed by atoms with E-state index in [2.05, 4.69) is 6.58 Å². The molecule has 0 heterocycles. The molecular formula is C8H8F2. The first kappa shape index (κ1) is 7.19. The Morgan fingerprint density at radius 2 is 2.10 bits per heavy atom. The summed E-state index contributed by atoms with van der Waals surface area (Å²) in [6, 6.07) is 0. The van der Waals surface area contributed by atoms with Crippen LogP contribution in [-0.4, -0.2) is 0 Å². The lowest BCUT2D eigenvalue weighted by Gasteiger charge is -2.06. The summed E-state index contributed by atoms with van der Waals surface area (Å²) in [5.74, 6) is -1.40. The lowest BCUT2D eigenvalue weighted by Crippen LogP contribution is -1.90. The van der Waals surface area contributed by atoms with E-state index in [1.54, 1.807) is 6.08 Å². The third-order valence-electron chi connectivity index (χ3n) is 1.47. The Morgan fingerprint density at radius 3 is 2.60 bits per heavy atom. The van der Waals surface area contributed by atoms with Crippen molar-refractivity contribution in [3.63, 3.8) is 0 Å². The molecule has 1 aliphatic carbocycles. The molecule has 0 unspecified atom stereocenters. The van der Waals surface area contributed by atoms with Crippen molar-refractivity contribution in [2.75, 3.05) is 0 Å². The Hall–Kier alpha value is -0.920. The number of hydrogen-bond acceptors (Lipinski definition) is 0. The molecule has 0 radical (unpaired) electrons. The summed E-state index contributed by atoms with van der Waals surface area (Å²) < 4.78 is 24.7. The van der Waals surface area contributed by atoms with Crippen LogP contribution in [0.4, 0.5) is 8.78 Å². The van der Waals surface area contributed by atoms with Gasteiger partial charge in [-0.3, -0.25) is 0 Å². The van der Waals surface area contributed by atoms with Crippen LogP contribution < -0.4 is 0 Å². The van der Waals surface area contributed by atoms with Gasteiger partial charge < -0.3 is 0 Å². The second kappa shape index (κ2) is 2.78. The zero-order valence-corrected chi connectivity index (χ0v) is 5.53. The number of rotatable bonds is 1. The van der Waals surface area contributed by atoms with Crippen LogP contribution in [0.5, 0.6) is 0 Å². The SMILES string of the molecule is C=CC1=CC(F)=C(F)CC1. The molecule has 0 N–H and O–H groups in total. The van der Waals surface area contributed by atoms with Crippen LogP contribution in [0.25, 0.3) is 0 Å². The average Bonchev–Trinajstić information content (AvgIpc) is 1.95. The first-order valence-electron chi connectivity index (χ1n) is 3.11. The van der Waals surface area contributed by atoms with Gasteiger partial charge in [-0.25, -0.2) is 8.78 Å².